The lowest BCUT2D eigenvalue weighted by Crippen LogP contribution is -2.41. The number of ether oxygens (including phenoxy) is 1. The van der Waals surface area contributed by atoms with Gasteiger partial charge in [-0.15, -0.1) is 0 Å². The molecule has 0 amide bonds. The maximum Gasteiger partial charge on any atom is 0.278 e. The Hall–Kier alpha value is -2.03. The molecule has 4 rings (SSSR count). The van der Waals surface area contributed by atoms with Crippen molar-refractivity contribution in [1.29, 1.82) is 5.26 Å². The molecule has 134 valence electrons. The molecule has 1 fully saturated rings. The molecule has 1 saturated heterocycles. The fraction of sp³-hybridized carbons (Fsp3) is 0.429. The number of pyridine rings is 1. The van der Waals surface area contributed by atoms with Crippen molar-refractivity contribution >= 4 is 17.6 Å². The number of aromatic amines is 1. The molecule has 1 aromatic carbocycles. The molecule has 0 atom stereocenters. The number of aromatic nitrogens is 1. The molecule has 1 aromatic heterocycles. The minimum absolute atomic E-state index is 0.773. The average Bonchev–Trinajstić information content (AvgIpc) is 2.72. The monoisotopic (exact) mass is 366 g/mol. The molecular formula is C21H24N3OS+. The number of hydrogen-bond donors (Lipinski definition) is 0. The maximum absolute atomic E-state index is 9.86. The van der Waals surface area contributed by atoms with E-state index in [1.165, 1.54) is 35.3 Å². The third-order valence-electron chi connectivity index (χ3n) is 5.18. The van der Waals surface area contributed by atoms with E-state index in [-0.39, 0.29) is 0 Å². The average molecular weight is 367 g/mol. The lowest BCUT2D eigenvalue weighted by atomic mass is 9.89. The molecule has 0 saturated carbocycles. The maximum atomic E-state index is 9.86. The van der Waals surface area contributed by atoms with Crippen LogP contribution in [0.5, 0.6) is 0 Å². The number of nitrogens with zero attached hydrogens (tertiary/aromatic N) is 2. The van der Waals surface area contributed by atoms with Crippen LogP contribution in [0.1, 0.15) is 35.1 Å². The summed E-state index contributed by atoms with van der Waals surface area (Å²) in [6, 6.07) is 12.9. The fourth-order valence-electron chi connectivity index (χ4n) is 3.84. The number of anilines is 1. The van der Waals surface area contributed by atoms with Crippen LogP contribution in [0.2, 0.25) is 0 Å². The molecular weight excluding hydrogens is 342 g/mol. The van der Waals surface area contributed by atoms with Gasteiger partial charge >= 0.3 is 0 Å². The summed E-state index contributed by atoms with van der Waals surface area (Å²) >= 11 is 1.74. The molecule has 0 unspecified atom stereocenters. The second-order valence-electron chi connectivity index (χ2n) is 6.83. The number of nitrogens with one attached hydrogen (secondary N) is 1. The first-order chi connectivity index (χ1) is 12.9. The smallest absolute Gasteiger partial charge is 0.278 e. The van der Waals surface area contributed by atoms with Crippen molar-refractivity contribution in [2.45, 2.75) is 36.5 Å². The van der Waals surface area contributed by atoms with E-state index in [4.69, 9.17) is 4.74 Å². The first-order valence-corrected chi connectivity index (χ1v) is 10.4. The highest BCUT2D eigenvalue weighted by Gasteiger charge is 2.30. The van der Waals surface area contributed by atoms with Crippen molar-refractivity contribution in [3.63, 3.8) is 0 Å². The SMILES string of the molecule is N#Cc1c(SCc2ccccc2)[nH+]c(N2CCOCC2)c2c1CCCC2. The first-order valence-electron chi connectivity index (χ1n) is 9.37. The number of fused-ring (bicyclic) bond motifs is 1. The van der Waals surface area contributed by atoms with Crippen LogP contribution >= 0.6 is 11.8 Å². The van der Waals surface area contributed by atoms with Gasteiger partial charge in [0.15, 0.2) is 5.03 Å². The minimum atomic E-state index is 0.773. The number of thioether (sulfide) groups is 1. The van der Waals surface area contributed by atoms with Crippen molar-refractivity contribution in [3.8, 4) is 6.07 Å². The van der Waals surface area contributed by atoms with Gasteiger partial charge < -0.3 is 4.74 Å². The zero-order valence-corrected chi connectivity index (χ0v) is 15.8. The van der Waals surface area contributed by atoms with E-state index in [0.29, 0.717) is 0 Å². The summed E-state index contributed by atoms with van der Waals surface area (Å²) in [7, 11) is 0. The second kappa shape index (κ2) is 8.11. The van der Waals surface area contributed by atoms with Crippen molar-refractivity contribution in [3.05, 3.63) is 52.6 Å². The molecule has 5 heteroatoms. The van der Waals surface area contributed by atoms with Gasteiger partial charge in [-0.05, 0) is 36.8 Å². The van der Waals surface area contributed by atoms with Gasteiger partial charge in [-0.2, -0.15) is 5.26 Å². The quantitative estimate of drug-likeness (QED) is 0.779. The zero-order chi connectivity index (χ0) is 17.8. The molecule has 2 aromatic rings. The van der Waals surface area contributed by atoms with Crippen LogP contribution in [-0.2, 0) is 23.3 Å². The molecule has 2 heterocycles. The number of benzene rings is 1. The van der Waals surface area contributed by atoms with Gasteiger partial charge in [-0.3, -0.25) is 4.90 Å². The van der Waals surface area contributed by atoms with Crippen molar-refractivity contribution in [1.82, 2.24) is 0 Å². The van der Waals surface area contributed by atoms with Gasteiger partial charge in [0.2, 0.25) is 0 Å². The van der Waals surface area contributed by atoms with E-state index in [0.717, 1.165) is 55.5 Å². The molecule has 1 N–H and O–H groups in total. The Morgan fingerprint density at radius 2 is 1.81 bits per heavy atom. The normalized spacial score (nSPS) is 16.8. The highest BCUT2D eigenvalue weighted by Crippen LogP contribution is 2.34. The molecule has 26 heavy (non-hydrogen) atoms. The number of morpholine rings is 1. The van der Waals surface area contributed by atoms with Gasteiger partial charge in [0.1, 0.15) is 24.7 Å². The fourth-order valence-corrected chi connectivity index (χ4v) is 4.82. The Labute approximate surface area is 159 Å². The van der Waals surface area contributed by atoms with Gasteiger partial charge in [0, 0.05) is 11.3 Å². The summed E-state index contributed by atoms with van der Waals surface area (Å²) in [5.41, 5.74) is 4.77. The van der Waals surface area contributed by atoms with E-state index in [1.54, 1.807) is 11.8 Å². The molecule has 0 radical (unpaired) electrons. The van der Waals surface area contributed by atoms with Crippen molar-refractivity contribution in [2.75, 3.05) is 31.2 Å². The highest BCUT2D eigenvalue weighted by atomic mass is 32.2. The Balaban J connectivity index is 1.71. The minimum Gasteiger partial charge on any atom is -0.373 e. The lowest BCUT2D eigenvalue weighted by molar-refractivity contribution is -0.414. The highest BCUT2D eigenvalue weighted by molar-refractivity contribution is 7.98. The summed E-state index contributed by atoms with van der Waals surface area (Å²) in [6.45, 7) is 3.37. The Morgan fingerprint density at radius 3 is 2.54 bits per heavy atom. The Kier molecular flexibility index (Phi) is 5.42. The number of H-pyrrole nitrogens is 1. The second-order valence-corrected chi connectivity index (χ2v) is 7.81. The van der Waals surface area contributed by atoms with Crippen LogP contribution in [0.4, 0.5) is 5.82 Å². The summed E-state index contributed by atoms with van der Waals surface area (Å²) in [6.07, 6.45) is 4.47. The Morgan fingerprint density at radius 1 is 1.08 bits per heavy atom. The summed E-state index contributed by atoms with van der Waals surface area (Å²) in [5, 5.41) is 10.9. The predicted molar refractivity (Wildman–Crippen MR) is 103 cm³/mol. The number of nitriles is 1. The van der Waals surface area contributed by atoms with E-state index in [9.17, 15) is 5.26 Å². The summed E-state index contributed by atoms with van der Waals surface area (Å²) in [4.78, 5) is 6.05. The van der Waals surface area contributed by atoms with Crippen LogP contribution in [0.25, 0.3) is 0 Å². The van der Waals surface area contributed by atoms with Crippen LogP contribution in [0, 0.1) is 11.3 Å². The van der Waals surface area contributed by atoms with Gasteiger partial charge in [0.25, 0.3) is 5.82 Å². The van der Waals surface area contributed by atoms with E-state index < -0.39 is 0 Å². The molecule has 2 aliphatic rings. The number of rotatable bonds is 4. The van der Waals surface area contributed by atoms with Crippen molar-refractivity contribution < 1.29 is 9.72 Å². The largest absolute Gasteiger partial charge is 0.373 e. The van der Waals surface area contributed by atoms with Gasteiger partial charge in [-0.25, -0.2) is 4.98 Å². The topological polar surface area (TPSA) is 50.4 Å². The van der Waals surface area contributed by atoms with E-state index >= 15 is 0 Å². The Bertz CT molecular complexity index is 810. The lowest BCUT2D eigenvalue weighted by Gasteiger charge is -2.26. The summed E-state index contributed by atoms with van der Waals surface area (Å²) < 4.78 is 5.53. The van der Waals surface area contributed by atoms with Crippen LogP contribution in [0.15, 0.2) is 35.4 Å². The van der Waals surface area contributed by atoms with E-state index in [1.807, 2.05) is 6.07 Å². The van der Waals surface area contributed by atoms with Gasteiger partial charge in [-0.1, -0.05) is 42.1 Å². The molecule has 0 spiro atoms. The molecule has 1 aliphatic heterocycles. The standard InChI is InChI=1S/C21H23N3OS/c22-14-19-17-8-4-5-9-18(17)20(24-10-12-25-13-11-24)23-21(19)26-15-16-6-2-1-3-7-16/h1-3,6-7H,4-5,8-13,15H2/p+1. The molecule has 4 nitrogen and oxygen atoms in total. The predicted octanol–water partition coefficient (Wildman–Crippen LogP) is 3.38. The van der Waals surface area contributed by atoms with Crippen molar-refractivity contribution in [2.24, 2.45) is 0 Å². The summed E-state index contributed by atoms with van der Waals surface area (Å²) in [5.74, 6) is 2.09. The number of hydrogen-bond acceptors (Lipinski definition) is 4. The van der Waals surface area contributed by atoms with Crippen LogP contribution < -0.4 is 9.88 Å². The third kappa shape index (κ3) is 3.58. The zero-order valence-electron chi connectivity index (χ0n) is 15.0. The molecule has 0 bridgehead atoms. The van der Waals surface area contributed by atoms with Crippen LogP contribution in [0.3, 0.4) is 0 Å². The van der Waals surface area contributed by atoms with E-state index in [2.05, 4.69) is 40.2 Å². The third-order valence-corrected chi connectivity index (χ3v) is 6.25. The van der Waals surface area contributed by atoms with Gasteiger partial charge in [0.05, 0.1) is 13.2 Å². The molecule has 1 aliphatic carbocycles. The first kappa shape index (κ1) is 17.4. The van der Waals surface area contributed by atoms with Crippen LogP contribution in [-0.4, -0.2) is 26.3 Å².